The summed E-state index contributed by atoms with van der Waals surface area (Å²) in [5.41, 5.74) is -8.28. The van der Waals surface area contributed by atoms with Crippen molar-refractivity contribution in [3.8, 4) is 0 Å². The lowest BCUT2D eigenvalue weighted by atomic mass is 9.94. The number of fused-ring (bicyclic) bond motifs is 1. The van der Waals surface area contributed by atoms with E-state index in [0.717, 1.165) is 21.3 Å². The van der Waals surface area contributed by atoms with Gasteiger partial charge in [-0.25, -0.2) is 14.2 Å². The molecule has 33 heavy (non-hydrogen) atoms. The van der Waals surface area contributed by atoms with Gasteiger partial charge in [0.05, 0.1) is 17.9 Å². The predicted octanol–water partition coefficient (Wildman–Crippen LogP) is 3.16. The second kappa shape index (κ2) is 7.97. The number of nitrogens with zero attached hydrogens (tertiary/aromatic N) is 4. The average Bonchev–Trinajstić information content (AvgIpc) is 3.12. The Bertz CT molecular complexity index is 1320. The zero-order chi connectivity index (χ0) is 24.9. The number of anilines is 1. The molecule has 3 aromatic rings. The lowest BCUT2D eigenvalue weighted by Crippen LogP contribution is -2.50. The minimum atomic E-state index is -6.22. The molecule has 1 N–H and O–H groups in total. The van der Waals surface area contributed by atoms with Crippen LogP contribution in [0.1, 0.15) is 5.56 Å². The van der Waals surface area contributed by atoms with Crippen molar-refractivity contribution in [2.75, 3.05) is 5.32 Å². The number of nitrogens with one attached hydrogen (secondary N) is 1. The Kier molecular flexibility index (Phi) is 5.89. The van der Waals surface area contributed by atoms with E-state index in [1.54, 1.807) is 0 Å². The fourth-order valence-electron chi connectivity index (χ4n) is 3.14. The first kappa shape index (κ1) is 24.4. The Hall–Kier alpha value is -3.23. The van der Waals surface area contributed by atoms with Gasteiger partial charge in [0.2, 0.25) is 0 Å². The minimum absolute atomic E-state index is 0.0103. The third-order valence-corrected chi connectivity index (χ3v) is 5.11. The maximum absolute atomic E-state index is 14.1. The van der Waals surface area contributed by atoms with Crippen LogP contribution >= 0.6 is 12.2 Å². The van der Waals surface area contributed by atoms with Crippen molar-refractivity contribution < 1.29 is 30.7 Å². The molecule has 0 unspecified atom stereocenters. The van der Waals surface area contributed by atoms with Gasteiger partial charge in [-0.1, -0.05) is 24.4 Å². The number of benzene rings is 1. The molecule has 0 aliphatic carbocycles. The highest BCUT2D eigenvalue weighted by Crippen LogP contribution is 2.53. The number of alkyl halides is 7. The average molecular weight is 497 g/mol. The van der Waals surface area contributed by atoms with E-state index in [1.165, 1.54) is 25.0 Å². The molecule has 2 aromatic heterocycles. The van der Waals surface area contributed by atoms with Gasteiger partial charge in [0, 0.05) is 25.3 Å². The van der Waals surface area contributed by atoms with Crippen LogP contribution in [0.5, 0.6) is 0 Å². The van der Waals surface area contributed by atoms with E-state index in [9.17, 15) is 40.3 Å². The zero-order valence-electron chi connectivity index (χ0n) is 16.8. The molecule has 0 fully saturated rings. The molecule has 0 saturated carbocycles. The van der Waals surface area contributed by atoms with Crippen LogP contribution in [0.3, 0.4) is 0 Å². The summed E-state index contributed by atoms with van der Waals surface area (Å²) in [7, 11) is 2.68. The Morgan fingerprint density at radius 3 is 2.03 bits per heavy atom. The van der Waals surface area contributed by atoms with Crippen LogP contribution < -0.4 is 16.6 Å². The van der Waals surface area contributed by atoms with Gasteiger partial charge in [-0.3, -0.25) is 13.9 Å². The molecule has 0 aliphatic rings. The van der Waals surface area contributed by atoms with Crippen LogP contribution in [0.2, 0.25) is 0 Å². The van der Waals surface area contributed by atoms with E-state index in [-0.39, 0.29) is 28.4 Å². The van der Waals surface area contributed by atoms with Crippen molar-refractivity contribution >= 4 is 34.1 Å². The number of hydrogen-bond acceptors (Lipinski definition) is 4. The van der Waals surface area contributed by atoms with E-state index in [4.69, 9.17) is 12.2 Å². The number of rotatable bonds is 4. The molecule has 1 aromatic carbocycles. The molecule has 15 heteroatoms. The molecule has 0 amide bonds. The molecular formula is C18H14F7N5O2S. The fraction of sp³-hybridized carbons (Fsp3) is 0.333. The molecule has 0 atom stereocenters. The van der Waals surface area contributed by atoms with E-state index in [0.29, 0.717) is 12.1 Å². The van der Waals surface area contributed by atoms with E-state index < -0.39 is 34.8 Å². The predicted molar refractivity (Wildman–Crippen MR) is 108 cm³/mol. The minimum Gasteiger partial charge on any atom is -0.349 e. The topological polar surface area (TPSA) is 73.8 Å². The van der Waals surface area contributed by atoms with Crippen molar-refractivity contribution in [1.29, 1.82) is 0 Å². The summed E-state index contributed by atoms with van der Waals surface area (Å²) in [5.74, 6) is 0. The number of halogens is 7. The van der Waals surface area contributed by atoms with Crippen molar-refractivity contribution in [2.45, 2.75) is 24.6 Å². The van der Waals surface area contributed by atoms with Gasteiger partial charge in [-0.05, 0) is 12.1 Å². The lowest BCUT2D eigenvalue weighted by molar-refractivity contribution is -0.348. The zero-order valence-corrected chi connectivity index (χ0v) is 17.6. The van der Waals surface area contributed by atoms with Crippen LogP contribution in [-0.4, -0.2) is 36.0 Å². The quantitative estimate of drug-likeness (QED) is 0.443. The second-order valence-corrected chi connectivity index (χ2v) is 7.52. The van der Waals surface area contributed by atoms with Crippen LogP contribution in [0, 0.1) is 0 Å². The molecule has 178 valence electrons. The molecule has 2 heterocycles. The Balaban J connectivity index is 1.86. The molecule has 0 bridgehead atoms. The summed E-state index contributed by atoms with van der Waals surface area (Å²) >= 11 is 5.14. The number of thiocarbonyl (C=S) groups is 1. The number of hydrogen-bond donors (Lipinski definition) is 1. The number of imidazole rings is 1. The lowest BCUT2D eigenvalue weighted by Gasteiger charge is -2.30. The van der Waals surface area contributed by atoms with Gasteiger partial charge in [0.25, 0.3) is 5.56 Å². The highest BCUT2D eigenvalue weighted by atomic mass is 32.1. The SMILES string of the molecule is Cn1c(=O)c2c(ncn2CC(=S)Nc2ccc(C(F)(C(F)(F)F)C(F)(F)F)cc2)n(C)c1=O. The molecule has 3 rings (SSSR count). The molecule has 7 nitrogen and oxygen atoms in total. The van der Waals surface area contributed by atoms with Gasteiger partial charge in [0.15, 0.2) is 11.2 Å². The highest BCUT2D eigenvalue weighted by Gasteiger charge is 2.73. The molecular weight excluding hydrogens is 483 g/mol. The van der Waals surface area contributed by atoms with E-state index >= 15 is 0 Å². The summed E-state index contributed by atoms with van der Waals surface area (Å²) in [6.45, 7) is -0.154. The number of aryl methyl sites for hydroxylation is 1. The third-order valence-electron chi connectivity index (χ3n) is 4.88. The Morgan fingerprint density at radius 2 is 1.52 bits per heavy atom. The fourth-order valence-corrected chi connectivity index (χ4v) is 3.40. The molecule has 0 radical (unpaired) electrons. The number of aromatic nitrogens is 4. The second-order valence-electron chi connectivity index (χ2n) is 7.03. The van der Waals surface area contributed by atoms with Gasteiger partial charge >= 0.3 is 23.7 Å². The largest absolute Gasteiger partial charge is 0.435 e. The third kappa shape index (κ3) is 4.00. The standard InChI is InChI=1S/C18H14F7N5O2S/c1-28-13-12(14(31)29(2)15(28)32)30(8-26-13)7-11(33)27-10-5-3-9(4-6-10)16(19,17(20,21)22)18(23,24)25/h3-6,8H,7H2,1-2H3,(H,27,33). The van der Waals surface area contributed by atoms with Crippen LogP contribution in [0.25, 0.3) is 11.2 Å². The summed E-state index contributed by atoms with van der Waals surface area (Å²) in [6.07, 6.45) is -11.2. The highest BCUT2D eigenvalue weighted by molar-refractivity contribution is 7.80. The first-order valence-corrected chi connectivity index (χ1v) is 9.34. The van der Waals surface area contributed by atoms with Gasteiger partial charge in [0.1, 0.15) is 0 Å². The molecule has 0 spiro atoms. The van der Waals surface area contributed by atoms with Gasteiger partial charge in [-0.15, -0.1) is 0 Å². The van der Waals surface area contributed by atoms with Crippen molar-refractivity contribution in [3.63, 3.8) is 0 Å². The summed E-state index contributed by atoms with van der Waals surface area (Å²) < 4.78 is 94.6. The first-order valence-electron chi connectivity index (χ1n) is 8.93. The van der Waals surface area contributed by atoms with Gasteiger partial charge in [-0.2, -0.15) is 26.3 Å². The van der Waals surface area contributed by atoms with Gasteiger partial charge < -0.3 is 9.88 Å². The normalized spacial score (nSPS) is 12.9. The van der Waals surface area contributed by atoms with E-state index in [2.05, 4.69) is 10.3 Å². The summed E-state index contributed by atoms with van der Waals surface area (Å²) in [5, 5.41) is 2.58. The first-order chi connectivity index (χ1) is 15.1. The Morgan fingerprint density at radius 1 is 0.970 bits per heavy atom. The maximum atomic E-state index is 14.1. The van der Waals surface area contributed by atoms with Crippen molar-refractivity contribution in [2.24, 2.45) is 14.1 Å². The molecule has 0 saturated heterocycles. The Labute approximate surface area is 185 Å². The monoisotopic (exact) mass is 497 g/mol. The molecule has 0 aliphatic heterocycles. The summed E-state index contributed by atoms with van der Waals surface area (Å²) in [6, 6.07) is 2.32. The van der Waals surface area contributed by atoms with Crippen molar-refractivity contribution in [1.82, 2.24) is 18.7 Å². The smallest absolute Gasteiger partial charge is 0.349 e. The van der Waals surface area contributed by atoms with E-state index in [1.807, 2.05) is 0 Å². The summed E-state index contributed by atoms with van der Waals surface area (Å²) in [4.78, 5) is 28.4. The van der Waals surface area contributed by atoms with Crippen LogP contribution in [-0.2, 0) is 26.3 Å². The van der Waals surface area contributed by atoms with Crippen molar-refractivity contribution in [3.05, 3.63) is 57.0 Å². The van der Waals surface area contributed by atoms with Crippen LogP contribution in [0.15, 0.2) is 40.2 Å². The van der Waals surface area contributed by atoms with Crippen LogP contribution in [0.4, 0.5) is 36.4 Å². The maximum Gasteiger partial charge on any atom is 0.435 e.